The highest BCUT2D eigenvalue weighted by atomic mass is 35.5. The summed E-state index contributed by atoms with van der Waals surface area (Å²) in [6, 6.07) is 11.2. The van der Waals surface area contributed by atoms with Gasteiger partial charge in [0.25, 0.3) is 0 Å². The topological polar surface area (TPSA) is 17.1 Å². The minimum absolute atomic E-state index is 0.0239. The lowest BCUT2D eigenvalue weighted by Gasteiger charge is -2.04. The first kappa shape index (κ1) is 14.0. The van der Waals surface area contributed by atoms with E-state index < -0.39 is 5.82 Å². The number of ketones is 1. The van der Waals surface area contributed by atoms with Gasteiger partial charge >= 0.3 is 0 Å². The van der Waals surface area contributed by atoms with Crippen molar-refractivity contribution in [3.05, 3.63) is 69.5 Å². The van der Waals surface area contributed by atoms with Crippen molar-refractivity contribution in [2.24, 2.45) is 0 Å². The third-order valence-corrected chi connectivity index (χ3v) is 3.32. The number of Topliss-reactive ketones (excluding diaryl/α,β-unsaturated/α-hetero) is 1. The largest absolute Gasteiger partial charge is 0.299 e. The smallest absolute Gasteiger partial charge is 0.141 e. The van der Waals surface area contributed by atoms with Gasteiger partial charge in [-0.1, -0.05) is 41.4 Å². The molecule has 98 valence electrons. The number of hydrogen-bond donors (Lipinski definition) is 0. The molecule has 0 saturated heterocycles. The number of hydrogen-bond acceptors (Lipinski definition) is 1. The van der Waals surface area contributed by atoms with Crippen LogP contribution in [0.25, 0.3) is 0 Å². The SMILES string of the molecule is O=C(Cc1ccc(Cl)cc1)Cc1ccc(F)cc1Cl. The van der Waals surface area contributed by atoms with Gasteiger partial charge in [-0.3, -0.25) is 4.79 Å². The maximum absolute atomic E-state index is 12.9. The fraction of sp³-hybridized carbons (Fsp3) is 0.133. The van der Waals surface area contributed by atoms with E-state index >= 15 is 0 Å². The summed E-state index contributed by atoms with van der Waals surface area (Å²) < 4.78 is 12.9. The van der Waals surface area contributed by atoms with Crippen LogP contribution in [0, 0.1) is 5.82 Å². The molecule has 0 aliphatic heterocycles. The first-order valence-corrected chi connectivity index (χ1v) is 6.50. The van der Waals surface area contributed by atoms with Crippen molar-refractivity contribution in [2.75, 3.05) is 0 Å². The van der Waals surface area contributed by atoms with Crippen molar-refractivity contribution in [2.45, 2.75) is 12.8 Å². The Kier molecular flexibility index (Phi) is 4.56. The molecular formula is C15H11Cl2FO. The molecule has 0 fully saturated rings. The molecule has 0 amide bonds. The fourth-order valence-electron chi connectivity index (χ4n) is 1.77. The third-order valence-electron chi connectivity index (χ3n) is 2.72. The van der Waals surface area contributed by atoms with Crippen LogP contribution in [0.4, 0.5) is 4.39 Å². The van der Waals surface area contributed by atoms with Gasteiger partial charge in [0.05, 0.1) is 0 Å². The molecule has 2 aromatic carbocycles. The van der Waals surface area contributed by atoms with Crippen LogP contribution in [-0.4, -0.2) is 5.78 Å². The maximum Gasteiger partial charge on any atom is 0.141 e. The van der Waals surface area contributed by atoms with Gasteiger partial charge in [-0.15, -0.1) is 0 Å². The van der Waals surface area contributed by atoms with E-state index in [1.807, 2.05) is 12.1 Å². The Morgan fingerprint density at radius 1 is 1.00 bits per heavy atom. The highest BCUT2D eigenvalue weighted by Crippen LogP contribution is 2.19. The quantitative estimate of drug-likeness (QED) is 0.812. The number of carbonyl (C=O) groups excluding carboxylic acids is 1. The van der Waals surface area contributed by atoms with E-state index in [0.29, 0.717) is 17.0 Å². The molecule has 0 aliphatic rings. The summed E-state index contributed by atoms with van der Waals surface area (Å²) in [5.74, 6) is -0.380. The Hall–Kier alpha value is -1.38. The molecule has 0 spiro atoms. The lowest BCUT2D eigenvalue weighted by Crippen LogP contribution is -2.07. The van der Waals surface area contributed by atoms with Gasteiger partial charge in [0.2, 0.25) is 0 Å². The molecule has 0 N–H and O–H groups in total. The summed E-state index contributed by atoms with van der Waals surface area (Å²) in [4.78, 5) is 11.9. The average molecular weight is 297 g/mol. The van der Waals surface area contributed by atoms with Crippen LogP contribution < -0.4 is 0 Å². The number of halogens is 3. The number of benzene rings is 2. The van der Waals surface area contributed by atoms with Crippen molar-refractivity contribution < 1.29 is 9.18 Å². The van der Waals surface area contributed by atoms with Gasteiger partial charge in [0.1, 0.15) is 11.6 Å². The van der Waals surface area contributed by atoms with E-state index in [1.54, 1.807) is 12.1 Å². The van der Waals surface area contributed by atoms with Crippen molar-refractivity contribution in [1.82, 2.24) is 0 Å². The fourth-order valence-corrected chi connectivity index (χ4v) is 2.13. The summed E-state index contributed by atoms with van der Waals surface area (Å²) in [7, 11) is 0. The maximum atomic E-state index is 12.9. The van der Waals surface area contributed by atoms with Gasteiger partial charge in [-0.05, 0) is 35.4 Å². The van der Waals surface area contributed by atoms with E-state index in [9.17, 15) is 9.18 Å². The van der Waals surface area contributed by atoms with Crippen LogP contribution in [0.5, 0.6) is 0 Å². The third kappa shape index (κ3) is 4.05. The predicted molar refractivity (Wildman–Crippen MR) is 75.3 cm³/mol. The van der Waals surface area contributed by atoms with Crippen LogP contribution in [0.3, 0.4) is 0 Å². The second kappa shape index (κ2) is 6.18. The van der Waals surface area contributed by atoms with Crippen molar-refractivity contribution in [3.8, 4) is 0 Å². The molecular weight excluding hydrogens is 286 g/mol. The molecule has 0 heterocycles. The van der Waals surface area contributed by atoms with Gasteiger partial charge in [-0.25, -0.2) is 4.39 Å². The van der Waals surface area contributed by atoms with Gasteiger partial charge in [0.15, 0.2) is 0 Å². The molecule has 0 aliphatic carbocycles. The average Bonchev–Trinajstić information content (AvgIpc) is 2.36. The van der Waals surface area contributed by atoms with Gasteiger partial charge in [0, 0.05) is 22.9 Å². The van der Waals surface area contributed by atoms with E-state index in [1.165, 1.54) is 18.2 Å². The zero-order chi connectivity index (χ0) is 13.8. The Labute approximate surface area is 121 Å². The first-order valence-electron chi connectivity index (χ1n) is 5.74. The molecule has 0 aromatic heterocycles. The van der Waals surface area contributed by atoms with E-state index in [4.69, 9.17) is 23.2 Å². The molecule has 2 aromatic rings. The molecule has 4 heteroatoms. The molecule has 0 bridgehead atoms. The molecule has 0 radical (unpaired) electrons. The van der Waals surface area contributed by atoms with Crippen LogP contribution >= 0.6 is 23.2 Å². The van der Waals surface area contributed by atoms with Crippen molar-refractivity contribution in [1.29, 1.82) is 0 Å². The molecule has 2 rings (SSSR count). The summed E-state index contributed by atoms with van der Waals surface area (Å²) >= 11 is 11.7. The minimum Gasteiger partial charge on any atom is -0.299 e. The van der Waals surface area contributed by atoms with E-state index in [0.717, 1.165) is 5.56 Å². The molecule has 1 nitrogen and oxygen atoms in total. The highest BCUT2D eigenvalue weighted by molar-refractivity contribution is 6.31. The zero-order valence-corrected chi connectivity index (χ0v) is 11.5. The Morgan fingerprint density at radius 2 is 1.68 bits per heavy atom. The molecule has 0 saturated carbocycles. The standard InChI is InChI=1S/C15H11Cl2FO/c16-12-4-1-10(2-5-12)7-14(19)8-11-3-6-13(18)9-15(11)17/h1-6,9H,7-8H2. The normalized spacial score (nSPS) is 10.5. The van der Waals surface area contributed by atoms with Crippen LogP contribution in [0.2, 0.25) is 10.0 Å². The van der Waals surface area contributed by atoms with Gasteiger partial charge < -0.3 is 0 Å². The first-order chi connectivity index (χ1) is 9.04. The van der Waals surface area contributed by atoms with Crippen molar-refractivity contribution >= 4 is 29.0 Å². The van der Waals surface area contributed by atoms with Crippen molar-refractivity contribution in [3.63, 3.8) is 0 Å². The molecule has 0 unspecified atom stereocenters. The van der Waals surface area contributed by atoms with E-state index in [2.05, 4.69) is 0 Å². The second-order valence-corrected chi connectivity index (χ2v) is 5.10. The number of carbonyl (C=O) groups is 1. The summed E-state index contributed by atoms with van der Waals surface area (Å²) in [5, 5.41) is 0.919. The number of rotatable bonds is 4. The highest BCUT2D eigenvalue weighted by Gasteiger charge is 2.09. The Morgan fingerprint density at radius 3 is 2.32 bits per heavy atom. The molecule has 0 atom stereocenters. The lowest BCUT2D eigenvalue weighted by atomic mass is 10.0. The summed E-state index contributed by atoms with van der Waals surface area (Å²) in [6.45, 7) is 0. The summed E-state index contributed by atoms with van der Waals surface area (Å²) in [5.41, 5.74) is 1.54. The predicted octanol–water partition coefficient (Wildman–Crippen LogP) is 4.49. The molecule has 19 heavy (non-hydrogen) atoms. The zero-order valence-electron chi connectivity index (χ0n) is 10.00. The van der Waals surface area contributed by atoms with Crippen LogP contribution in [0.1, 0.15) is 11.1 Å². The minimum atomic E-state index is -0.404. The Bertz CT molecular complexity index is 594. The van der Waals surface area contributed by atoms with Crippen LogP contribution in [0.15, 0.2) is 42.5 Å². The van der Waals surface area contributed by atoms with Crippen LogP contribution in [-0.2, 0) is 17.6 Å². The lowest BCUT2D eigenvalue weighted by molar-refractivity contribution is -0.117. The van der Waals surface area contributed by atoms with E-state index in [-0.39, 0.29) is 17.2 Å². The second-order valence-electron chi connectivity index (χ2n) is 4.25. The Balaban J connectivity index is 2.03. The monoisotopic (exact) mass is 296 g/mol. The summed E-state index contributed by atoms with van der Waals surface area (Å²) in [6.07, 6.45) is 0.507. The van der Waals surface area contributed by atoms with Gasteiger partial charge in [-0.2, -0.15) is 0 Å².